The highest BCUT2D eigenvalue weighted by molar-refractivity contribution is 7.17. The van der Waals surface area contributed by atoms with Gasteiger partial charge in [0.25, 0.3) is 0 Å². The van der Waals surface area contributed by atoms with Gasteiger partial charge in [-0.05, 0) is 87.7 Å². The SMILES string of the molecule is CC(Oc1nc2c(F)c(-c3csc4ccccc34)c(CCC#N)cc2c2c1cc(CN1CCCC1=O)n2[C@H]1[C@H]2CN[C@@H]1C2)[C@@H]1CCCN1C. The van der Waals surface area contributed by atoms with Gasteiger partial charge in [-0.15, -0.1) is 11.3 Å². The number of aryl methyl sites for hydroxylation is 1. The van der Waals surface area contributed by atoms with Crippen LogP contribution in [-0.4, -0.2) is 70.1 Å². The van der Waals surface area contributed by atoms with Gasteiger partial charge in [-0.1, -0.05) is 18.2 Å². The molecule has 0 radical (unpaired) electrons. The molecule has 7 heterocycles. The second-order valence-electron chi connectivity index (χ2n) is 14.5. The van der Waals surface area contributed by atoms with Crippen molar-refractivity contribution in [3.63, 3.8) is 0 Å². The van der Waals surface area contributed by atoms with Crippen molar-refractivity contribution in [2.45, 2.75) is 82.6 Å². The molecule has 4 saturated heterocycles. The zero-order valence-corrected chi connectivity index (χ0v) is 28.9. The number of benzene rings is 2. The van der Waals surface area contributed by atoms with Crippen LogP contribution in [0.15, 0.2) is 41.8 Å². The van der Waals surface area contributed by atoms with Crippen molar-refractivity contribution in [1.29, 1.82) is 5.26 Å². The maximum atomic E-state index is 17.6. The van der Waals surface area contributed by atoms with Crippen LogP contribution in [0, 0.1) is 23.1 Å². The fourth-order valence-corrected chi connectivity index (χ4v) is 10.2. The third kappa shape index (κ3) is 4.96. The van der Waals surface area contributed by atoms with Gasteiger partial charge < -0.3 is 19.5 Å². The summed E-state index contributed by atoms with van der Waals surface area (Å²) in [7, 11) is 2.14. The van der Waals surface area contributed by atoms with E-state index in [4.69, 9.17) is 9.72 Å². The van der Waals surface area contributed by atoms with Crippen molar-refractivity contribution in [1.82, 2.24) is 24.7 Å². The summed E-state index contributed by atoms with van der Waals surface area (Å²) in [5.41, 5.74) is 4.44. The normalized spacial score (nSPS) is 24.4. The molecule has 3 aromatic heterocycles. The first-order valence-electron chi connectivity index (χ1n) is 17.8. The zero-order valence-electron chi connectivity index (χ0n) is 28.0. The molecule has 5 atom stereocenters. The maximum Gasteiger partial charge on any atom is 0.223 e. The number of hydrogen-bond acceptors (Lipinski definition) is 7. The predicted molar refractivity (Wildman–Crippen MR) is 191 cm³/mol. The highest BCUT2D eigenvalue weighted by Gasteiger charge is 2.49. The molecule has 10 heteroatoms. The van der Waals surface area contributed by atoms with Crippen LogP contribution < -0.4 is 10.1 Å². The molecule has 2 aromatic carbocycles. The number of halogens is 1. The molecule has 1 saturated carbocycles. The summed E-state index contributed by atoms with van der Waals surface area (Å²) in [4.78, 5) is 22.3. The molecule has 10 rings (SSSR count). The van der Waals surface area contributed by atoms with Gasteiger partial charge in [-0.3, -0.25) is 9.69 Å². The standard InChI is InChI=1S/C39H41FN6O2S/c1-22(31-10-6-14-44(31)2)48-39-28-18-25(20-45-15-7-12-33(45)47)46(37-24-17-30(37)42-19-24)38(28)27-16-23(8-5-13-41)34(35(40)36(27)43-39)29-21-49-32-11-4-3-9-26(29)32/h3-4,9,11,16,18,21-22,24,30-31,37,42H,5-8,10,12,14-15,17,19-20H2,1-2H3/t22?,24-,30-,31+,37+/m1/s1. The van der Waals surface area contributed by atoms with Gasteiger partial charge in [0.1, 0.15) is 11.6 Å². The Bertz CT molecular complexity index is 2150. The van der Waals surface area contributed by atoms with Crippen LogP contribution in [-0.2, 0) is 17.8 Å². The summed E-state index contributed by atoms with van der Waals surface area (Å²) >= 11 is 1.60. The molecule has 8 nitrogen and oxygen atoms in total. The number of nitrogens with zero attached hydrogens (tertiary/aromatic N) is 5. The molecule has 0 spiro atoms. The molecule has 5 aliphatic rings. The van der Waals surface area contributed by atoms with Gasteiger partial charge in [0, 0.05) is 70.3 Å². The predicted octanol–water partition coefficient (Wildman–Crippen LogP) is 7.18. The highest BCUT2D eigenvalue weighted by atomic mass is 32.1. The Kier molecular flexibility index (Phi) is 7.64. The Labute approximate surface area is 289 Å². The molecule has 4 aliphatic heterocycles. The molecular formula is C39H41FN6O2S. The Balaban J connectivity index is 1.32. The molecule has 5 fully saturated rings. The number of fused-ring (bicyclic) bond motifs is 5. The molecule has 252 valence electrons. The van der Waals surface area contributed by atoms with E-state index in [9.17, 15) is 10.1 Å². The first-order valence-corrected chi connectivity index (χ1v) is 18.7. The Morgan fingerprint density at radius 2 is 2.06 bits per heavy atom. The Hall–Kier alpha value is -4.04. The van der Waals surface area contributed by atoms with E-state index < -0.39 is 0 Å². The van der Waals surface area contributed by atoms with E-state index in [-0.39, 0.29) is 36.3 Å². The number of carbonyl (C=O) groups is 1. The lowest BCUT2D eigenvalue weighted by Crippen LogP contribution is -2.40. The monoisotopic (exact) mass is 676 g/mol. The van der Waals surface area contributed by atoms with Crippen molar-refractivity contribution in [2.24, 2.45) is 5.92 Å². The summed E-state index contributed by atoms with van der Waals surface area (Å²) in [5, 5.41) is 18.0. The van der Waals surface area contributed by atoms with Crippen LogP contribution in [0.5, 0.6) is 5.88 Å². The summed E-state index contributed by atoms with van der Waals surface area (Å²) in [6, 6.07) is 15.4. The number of likely N-dealkylation sites (tertiary alicyclic amines) is 2. The van der Waals surface area contributed by atoms with Crippen LogP contribution >= 0.6 is 11.3 Å². The second-order valence-corrected chi connectivity index (χ2v) is 15.5. The fourth-order valence-electron chi connectivity index (χ4n) is 9.25. The summed E-state index contributed by atoms with van der Waals surface area (Å²) < 4.78 is 27.9. The lowest BCUT2D eigenvalue weighted by atomic mass is 9.79. The van der Waals surface area contributed by atoms with E-state index in [1.807, 2.05) is 28.5 Å². The third-order valence-electron chi connectivity index (χ3n) is 11.7. The van der Waals surface area contributed by atoms with Crippen molar-refractivity contribution >= 4 is 49.1 Å². The van der Waals surface area contributed by atoms with E-state index in [0.29, 0.717) is 48.3 Å². The molecule has 49 heavy (non-hydrogen) atoms. The molecule has 1 aliphatic carbocycles. The maximum absolute atomic E-state index is 17.6. The van der Waals surface area contributed by atoms with Gasteiger partial charge in [-0.25, -0.2) is 9.37 Å². The molecule has 1 N–H and O–H groups in total. The number of likely N-dealkylation sites (N-methyl/N-ethyl adjacent to an activating group) is 1. The van der Waals surface area contributed by atoms with E-state index in [1.54, 1.807) is 11.3 Å². The molecule has 1 unspecified atom stereocenters. The largest absolute Gasteiger partial charge is 0.472 e. The zero-order chi connectivity index (χ0) is 33.4. The van der Waals surface area contributed by atoms with Crippen molar-refractivity contribution in [3.05, 3.63) is 58.9 Å². The lowest BCUT2D eigenvalue weighted by molar-refractivity contribution is -0.128. The minimum Gasteiger partial charge on any atom is -0.472 e. The third-order valence-corrected chi connectivity index (χ3v) is 12.7. The van der Waals surface area contributed by atoms with Crippen molar-refractivity contribution < 1.29 is 13.9 Å². The number of hydrogen-bond donors (Lipinski definition) is 1. The number of amides is 1. The number of nitrogens with one attached hydrogen (secondary N) is 1. The van der Waals surface area contributed by atoms with Crippen LogP contribution in [0.3, 0.4) is 0 Å². The number of nitriles is 1. The number of rotatable bonds is 9. The molecular weight excluding hydrogens is 636 g/mol. The smallest absolute Gasteiger partial charge is 0.223 e. The number of thiophene rings is 1. The summed E-state index contributed by atoms with van der Waals surface area (Å²) in [5.74, 6) is 0.727. The van der Waals surface area contributed by atoms with Crippen molar-refractivity contribution in [2.75, 3.05) is 26.7 Å². The van der Waals surface area contributed by atoms with Gasteiger partial charge in [0.2, 0.25) is 11.8 Å². The lowest BCUT2D eigenvalue weighted by Gasteiger charge is -2.38. The van der Waals surface area contributed by atoms with Gasteiger partial charge in [-0.2, -0.15) is 5.26 Å². The van der Waals surface area contributed by atoms with Gasteiger partial charge in [0.15, 0.2) is 5.82 Å². The first kappa shape index (κ1) is 31.0. The summed E-state index contributed by atoms with van der Waals surface area (Å²) in [6.45, 7) is 5.33. The van der Waals surface area contributed by atoms with Gasteiger partial charge >= 0.3 is 0 Å². The van der Waals surface area contributed by atoms with Crippen LogP contribution in [0.2, 0.25) is 0 Å². The number of ether oxygens (including phenoxy) is 1. The minimum atomic E-state index is -0.370. The number of carbonyl (C=O) groups excluding carboxylic acids is 1. The molecule has 1 amide bonds. The van der Waals surface area contributed by atoms with Crippen molar-refractivity contribution in [3.8, 4) is 23.1 Å². The van der Waals surface area contributed by atoms with Crippen LogP contribution in [0.4, 0.5) is 4.39 Å². The van der Waals surface area contributed by atoms with Crippen LogP contribution in [0.1, 0.15) is 62.7 Å². The van der Waals surface area contributed by atoms with E-state index in [0.717, 1.165) is 88.5 Å². The Morgan fingerprint density at radius 3 is 2.80 bits per heavy atom. The minimum absolute atomic E-state index is 0.146. The van der Waals surface area contributed by atoms with Gasteiger partial charge in [0.05, 0.1) is 29.6 Å². The van der Waals surface area contributed by atoms with E-state index >= 15 is 4.39 Å². The first-order chi connectivity index (χ1) is 23.9. The quantitative estimate of drug-likeness (QED) is 0.178. The number of aromatic nitrogens is 2. The topological polar surface area (TPSA) is 86.4 Å². The Morgan fingerprint density at radius 1 is 1.18 bits per heavy atom. The van der Waals surface area contributed by atoms with E-state index in [2.05, 4.69) is 53.0 Å². The van der Waals surface area contributed by atoms with E-state index in [1.165, 1.54) is 0 Å². The molecule has 5 aromatic rings. The average Bonchev–Trinajstić information content (AvgIpc) is 3.94. The van der Waals surface area contributed by atoms with Crippen LogP contribution in [0.25, 0.3) is 43.0 Å². The average molecular weight is 677 g/mol. The fraction of sp³-hybridized carbons (Fsp3) is 0.462. The molecule has 2 bridgehead atoms. The highest BCUT2D eigenvalue weighted by Crippen LogP contribution is 2.50. The summed E-state index contributed by atoms with van der Waals surface area (Å²) in [6.07, 6.45) is 5.29. The number of pyridine rings is 1. The second kappa shape index (κ2) is 12.1.